The van der Waals surface area contributed by atoms with Crippen LogP contribution < -0.4 is 5.32 Å². The Morgan fingerprint density at radius 3 is 2.90 bits per heavy atom. The van der Waals surface area contributed by atoms with Crippen molar-refractivity contribution in [3.63, 3.8) is 0 Å². The van der Waals surface area contributed by atoms with Gasteiger partial charge in [0.05, 0.1) is 0 Å². The summed E-state index contributed by atoms with van der Waals surface area (Å²) in [6.07, 6.45) is 7.51. The van der Waals surface area contributed by atoms with Crippen LogP contribution in [0.3, 0.4) is 0 Å². The fraction of sp³-hybridized carbons (Fsp3) is 0.800. The average Bonchev–Trinajstić information content (AvgIpc) is 2.86. The van der Waals surface area contributed by atoms with Gasteiger partial charge in [-0.05, 0) is 39.5 Å². The number of nitrogens with zero attached hydrogens (tertiary/aromatic N) is 2. The fourth-order valence-corrected chi connectivity index (χ4v) is 3.94. The van der Waals surface area contributed by atoms with Crippen LogP contribution in [-0.4, -0.2) is 48.0 Å². The second-order valence-electron chi connectivity index (χ2n) is 6.01. The Kier molecular flexibility index (Phi) is 7.72. The summed E-state index contributed by atoms with van der Waals surface area (Å²) in [6, 6.07) is 0. The number of halogens is 1. The molecule has 0 aromatic carbocycles. The van der Waals surface area contributed by atoms with E-state index in [9.17, 15) is 0 Å². The number of allylic oxidation sites excluding steroid dienone is 1. The summed E-state index contributed by atoms with van der Waals surface area (Å²) in [7, 11) is 1.89. The maximum Gasteiger partial charge on any atom is 0.193 e. The third kappa shape index (κ3) is 5.47. The summed E-state index contributed by atoms with van der Waals surface area (Å²) in [5.41, 5.74) is 1.62. The highest BCUT2D eigenvalue weighted by Crippen LogP contribution is 2.29. The number of nitrogens with one attached hydrogen (secondary N) is 1. The predicted molar refractivity (Wildman–Crippen MR) is 101 cm³/mol. The number of rotatable bonds is 3. The zero-order chi connectivity index (χ0) is 13.7. The molecule has 0 radical (unpaired) electrons. The largest absolute Gasteiger partial charge is 0.356 e. The molecule has 0 saturated carbocycles. The summed E-state index contributed by atoms with van der Waals surface area (Å²) >= 11 is 2.06. The molecule has 2 aliphatic rings. The molecule has 0 aromatic heterocycles. The second kappa shape index (κ2) is 8.51. The molecule has 1 aliphatic carbocycles. The Morgan fingerprint density at radius 2 is 2.30 bits per heavy atom. The van der Waals surface area contributed by atoms with Crippen molar-refractivity contribution in [2.24, 2.45) is 4.99 Å². The Labute approximate surface area is 145 Å². The van der Waals surface area contributed by atoms with Gasteiger partial charge in [0.15, 0.2) is 5.96 Å². The van der Waals surface area contributed by atoms with Crippen LogP contribution in [0.4, 0.5) is 0 Å². The zero-order valence-corrected chi connectivity index (χ0v) is 16.1. The monoisotopic (exact) mass is 409 g/mol. The molecule has 20 heavy (non-hydrogen) atoms. The van der Waals surface area contributed by atoms with E-state index < -0.39 is 0 Å². The minimum Gasteiger partial charge on any atom is -0.356 e. The van der Waals surface area contributed by atoms with E-state index in [1.165, 1.54) is 31.4 Å². The molecule has 1 saturated heterocycles. The highest BCUT2D eigenvalue weighted by Gasteiger charge is 2.28. The van der Waals surface area contributed by atoms with Crippen LogP contribution in [0.1, 0.15) is 39.5 Å². The number of guanidine groups is 1. The summed E-state index contributed by atoms with van der Waals surface area (Å²) in [6.45, 7) is 7.85. The number of hydrogen-bond acceptors (Lipinski definition) is 2. The first-order valence-electron chi connectivity index (χ1n) is 7.38. The average molecular weight is 409 g/mol. The van der Waals surface area contributed by atoms with E-state index in [1.54, 1.807) is 5.57 Å². The van der Waals surface area contributed by atoms with E-state index in [0.29, 0.717) is 4.75 Å². The molecule has 0 bridgehead atoms. The second-order valence-corrected chi connectivity index (χ2v) is 7.81. The van der Waals surface area contributed by atoms with Gasteiger partial charge in [-0.1, -0.05) is 11.6 Å². The fourth-order valence-electron chi connectivity index (χ4n) is 2.83. The first-order chi connectivity index (χ1) is 9.11. The third-order valence-corrected chi connectivity index (χ3v) is 5.10. The Hall–Kier alpha value is 0.0900. The lowest BCUT2D eigenvalue weighted by molar-refractivity contribution is 0.376. The van der Waals surface area contributed by atoms with Crippen LogP contribution in [0.5, 0.6) is 0 Å². The third-order valence-electron chi connectivity index (χ3n) is 3.80. The molecule has 0 atom stereocenters. The van der Waals surface area contributed by atoms with Crippen LogP contribution in [0.15, 0.2) is 16.6 Å². The summed E-state index contributed by atoms with van der Waals surface area (Å²) < 4.78 is 0.337. The van der Waals surface area contributed by atoms with Crippen molar-refractivity contribution in [3.8, 4) is 0 Å². The van der Waals surface area contributed by atoms with E-state index >= 15 is 0 Å². The van der Waals surface area contributed by atoms with Gasteiger partial charge in [0.1, 0.15) is 0 Å². The Balaban J connectivity index is 0.00000200. The van der Waals surface area contributed by atoms with Gasteiger partial charge in [0.2, 0.25) is 0 Å². The highest BCUT2D eigenvalue weighted by molar-refractivity contribution is 14.0. The quantitative estimate of drug-likeness (QED) is 0.335. The minimum absolute atomic E-state index is 0. The zero-order valence-electron chi connectivity index (χ0n) is 12.9. The van der Waals surface area contributed by atoms with Gasteiger partial charge in [-0.15, -0.1) is 24.0 Å². The Bertz CT molecular complexity index is 366. The van der Waals surface area contributed by atoms with Gasteiger partial charge >= 0.3 is 0 Å². The smallest absolute Gasteiger partial charge is 0.193 e. The van der Waals surface area contributed by atoms with Gasteiger partial charge in [0.25, 0.3) is 0 Å². The van der Waals surface area contributed by atoms with Crippen molar-refractivity contribution < 1.29 is 0 Å². The highest BCUT2D eigenvalue weighted by atomic mass is 127. The molecule has 1 N–H and O–H groups in total. The van der Waals surface area contributed by atoms with Crippen LogP contribution in [0.25, 0.3) is 0 Å². The lowest BCUT2D eigenvalue weighted by Gasteiger charge is -2.39. The number of aliphatic imine (C=N–C) groups is 1. The van der Waals surface area contributed by atoms with E-state index in [2.05, 4.69) is 46.9 Å². The van der Waals surface area contributed by atoms with Crippen LogP contribution in [-0.2, 0) is 0 Å². The maximum atomic E-state index is 4.44. The summed E-state index contributed by atoms with van der Waals surface area (Å²) in [5, 5.41) is 3.53. The standard InChI is InChI=1S/C15H27N3S.HI/c1-15(2)12-18(10-11-19-15)14(16-3)17-9-8-13-6-4-5-7-13;/h6H,4-5,7-12H2,1-3H3,(H,16,17);1H. The summed E-state index contributed by atoms with van der Waals surface area (Å²) in [5.74, 6) is 2.27. The van der Waals surface area contributed by atoms with Crippen molar-refractivity contribution in [1.29, 1.82) is 0 Å². The minimum atomic E-state index is 0. The van der Waals surface area contributed by atoms with Gasteiger partial charge in [-0.25, -0.2) is 0 Å². The van der Waals surface area contributed by atoms with E-state index in [4.69, 9.17) is 0 Å². The van der Waals surface area contributed by atoms with Crippen LogP contribution in [0.2, 0.25) is 0 Å². The van der Waals surface area contributed by atoms with Crippen molar-refractivity contribution in [2.45, 2.75) is 44.3 Å². The molecular weight excluding hydrogens is 381 g/mol. The topological polar surface area (TPSA) is 27.6 Å². The normalized spacial score (nSPS) is 22.2. The van der Waals surface area contributed by atoms with Crippen LogP contribution >= 0.6 is 35.7 Å². The van der Waals surface area contributed by atoms with E-state index in [0.717, 1.165) is 25.6 Å². The SMILES string of the molecule is CN=C(NCCC1=CCCC1)N1CCSC(C)(C)C1.I. The predicted octanol–water partition coefficient (Wildman–Crippen LogP) is 3.51. The van der Waals surface area contributed by atoms with Crippen LogP contribution in [0, 0.1) is 0 Å². The van der Waals surface area contributed by atoms with E-state index in [-0.39, 0.29) is 24.0 Å². The molecule has 5 heteroatoms. The van der Waals surface area contributed by atoms with Crippen molar-refractivity contribution in [1.82, 2.24) is 10.2 Å². The van der Waals surface area contributed by atoms with Crippen molar-refractivity contribution in [2.75, 3.05) is 32.4 Å². The van der Waals surface area contributed by atoms with Crippen molar-refractivity contribution >= 4 is 41.7 Å². The lowest BCUT2D eigenvalue weighted by Crippen LogP contribution is -2.51. The molecule has 3 nitrogen and oxygen atoms in total. The molecule has 1 heterocycles. The number of thioether (sulfide) groups is 1. The van der Waals surface area contributed by atoms with Gasteiger partial charge in [-0.3, -0.25) is 4.99 Å². The molecular formula is C15H28IN3S. The molecule has 1 aliphatic heterocycles. The van der Waals surface area contributed by atoms with Gasteiger partial charge < -0.3 is 10.2 Å². The first-order valence-corrected chi connectivity index (χ1v) is 8.37. The van der Waals surface area contributed by atoms with E-state index in [1.807, 2.05) is 7.05 Å². The molecule has 0 amide bonds. The lowest BCUT2D eigenvalue weighted by atomic mass is 10.1. The molecule has 2 rings (SSSR count). The molecule has 116 valence electrons. The Morgan fingerprint density at radius 1 is 1.50 bits per heavy atom. The molecule has 0 unspecified atom stereocenters. The van der Waals surface area contributed by atoms with Gasteiger partial charge in [0, 0.05) is 37.2 Å². The first kappa shape index (κ1) is 18.1. The van der Waals surface area contributed by atoms with Crippen molar-refractivity contribution in [3.05, 3.63) is 11.6 Å². The maximum absolute atomic E-state index is 4.44. The molecule has 1 fully saturated rings. The molecule has 0 spiro atoms. The van der Waals surface area contributed by atoms with Gasteiger partial charge in [-0.2, -0.15) is 11.8 Å². The molecule has 0 aromatic rings. The number of hydrogen-bond donors (Lipinski definition) is 1. The summed E-state index contributed by atoms with van der Waals surface area (Å²) in [4.78, 5) is 6.85.